The van der Waals surface area contributed by atoms with Crippen molar-refractivity contribution < 1.29 is 13.9 Å². The van der Waals surface area contributed by atoms with Crippen LogP contribution in [0.2, 0.25) is 0 Å². The zero-order valence-electron chi connectivity index (χ0n) is 19.1. The Balaban J connectivity index is 1.34. The molecule has 0 radical (unpaired) electrons. The maximum absolute atomic E-state index is 13.1. The summed E-state index contributed by atoms with van der Waals surface area (Å²) < 4.78 is 20.1. The van der Waals surface area contributed by atoms with Gasteiger partial charge in [-0.25, -0.2) is 29.2 Å². The van der Waals surface area contributed by atoms with Gasteiger partial charge in [-0.15, -0.1) is 0 Å². The molecule has 182 valence electrons. The molecule has 0 unspecified atom stereocenters. The van der Waals surface area contributed by atoms with E-state index in [1.807, 2.05) is 6.07 Å². The number of nitrogens with zero attached hydrogens (tertiary/aromatic N) is 6. The number of carbonyl (C=O) groups excluding carboxylic acids is 1. The fraction of sp³-hybridized carbons (Fsp3) is 0.167. The second-order valence-corrected chi connectivity index (χ2v) is 7.54. The molecule has 4 N–H and O–H groups in total. The highest BCUT2D eigenvalue weighted by molar-refractivity contribution is 5.90. The average molecular weight is 487 g/mol. The lowest BCUT2D eigenvalue weighted by Crippen LogP contribution is -2.25. The third kappa shape index (κ3) is 6.09. The molecule has 0 aliphatic carbocycles. The fourth-order valence-corrected chi connectivity index (χ4v) is 3.24. The van der Waals surface area contributed by atoms with Gasteiger partial charge in [0.05, 0.1) is 11.9 Å². The first-order chi connectivity index (χ1) is 17.6. The van der Waals surface area contributed by atoms with E-state index in [2.05, 4.69) is 30.7 Å². The lowest BCUT2D eigenvalue weighted by Gasteiger charge is -2.06. The second-order valence-electron chi connectivity index (χ2n) is 7.54. The van der Waals surface area contributed by atoms with Gasteiger partial charge >= 0.3 is 6.02 Å². The summed E-state index contributed by atoms with van der Waals surface area (Å²) in [4.78, 5) is 24.9. The highest BCUT2D eigenvalue weighted by Crippen LogP contribution is 2.22. The van der Waals surface area contributed by atoms with Crippen LogP contribution in [0.3, 0.4) is 0 Å². The first-order valence-corrected chi connectivity index (χ1v) is 10.9. The third-order valence-electron chi connectivity index (χ3n) is 4.97. The number of benzene rings is 1. The maximum atomic E-state index is 13.1. The highest BCUT2D eigenvalue weighted by Gasteiger charge is 2.10. The van der Waals surface area contributed by atoms with Crippen LogP contribution in [-0.4, -0.2) is 38.1 Å². The van der Waals surface area contributed by atoms with E-state index in [9.17, 15) is 9.18 Å². The molecule has 0 fully saturated rings. The van der Waals surface area contributed by atoms with Gasteiger partial charge in [0.2, 0.25) is 5.91 Å². The van der Waals surface area contributed by atoms with Crippen molar-refractivity contribution in [1.29, 1.82) is 5.26 Å². The van der Waals surface area contributed by atoms with E-state index in [-0.39, 0.29) is 30.7 Å². The number of imidazole rings is 1. The quantitative estimate of drug-likeness (QED) is 0.113. The van der Waals surface area contributed by atoms with E-state index in [0.717, 1.165) is 0 Å². The number of nitrogens with one attached hydrogen (secondary N) is 2. The Labute approximate surface area is 205 Å². The molecular formula is C24H22FN9O2. The number of nitrogen functional groups attached to an aromatic ring is 1. The number of nitriles is 1. The van der Waals surface area contributed by atoms with Crippen molar-refractivity contribution in [2.45, 2.75) is 19.5 Å². The number of alkyl halides is 1. The molecule has 11 nitrogen and oxygen atoms in total. The lowest BCUT2D eigenvalue weighted by molar-refractivity contribution is -0.116. The van der Waals surface area contributed by atoms with Gasteiger partial charge in [0, 0.05) is 30.3 Å². The second kappa shape index (κ2) is 11.4. The monoisotopic (exact) mass is 487 g/mol. The van der Waals surface area contributed by atoms with Gasteiger partial charge < -0.3 is 15.8 Å². The number of nitrogens with two attached hydrogens (primary N) is 1. The van der Waals surface area contributed by atoms with Crippen LogP contribution in [0.15, 0.2) is 65.9 Å². The molecule has 0 saturated heterocycles. The molecule has 3 aromatic heterocycles. The van der Waals surface area contributed by atoms with Crippen molar-refractivity contribution in [3.05, 3.63) is 66.5 Å². The summed E-state index contributed by atoms with van der Waals surface area (Å²) >= 11 is 0. The van der Waals surface area contributed by atoms with E-state index < -0.39 is 6.67 Å². The number of pyridine rings is 1. The number of amides is 1. The molecule has 0 aliphatic rings. The maximum Gasteiger partial charge on any atom is 0.303 e. The van der Waals surface area contributed by atoms with Crippen LogP contribution in [0, 0.1) is 11.5 Å². The number of hydrogen-bond donors (Lipinski definition) is 3. The first-order valence-electron chi connectivity index (χ1n) is 10.9. The zero-order chi connectivity index (χ0) is 25.3. The van der Waals surface area contributed by atoms with Crippen molar-refractivity contribution in [2.24, 2.45) is 4.99 Å². The van der Waals surface area contributed by atoms with Gasteiger partial charge in [-0.2, -0.15) is 10.4 Å². The van der Waals surface area contributed by atoms with Crippen LogP contribution >= 0.6 is 0 Å². The van der Waals surface area contributed by atoms with Crippen molar-refractivity contribution in [1.82, 2.24) is 24.9 Å². The summed E-state index contributed by atoms with van der Waals surface area (Å²) in [7, 11) is 0. The SMILES string of the molecule is N#CNC(=NCCCC(=O)Nc1cn2nc(-c3cnc(N)c(CF)c3)ccc2n1)Oc1ccccc1. The Hall–Kier alpha value is -5.05. The summed E-state index contributed by atoms with van der Waals surface area (Å²) in [5.41, 5.74) is 7.65. The molecule has 4 aromatic rings. The molecule has 0 aliphatic heterocycles. The van der Waals surface area contributed by atoms with Crippen LogP contribution < -0.4 is 21.1 Å². The number of aliphatic imine (C=N–C) groups is 1. The van der Waals surface area contributed by atoms with Crippen LogP contribution in [0.1, 0.15) is 18.4 Å². The molecule has 0 atom stereocenters. The number of hydrogen-bond acceptors (Lipinski definition) is 8. The minimum absolute atomic E-state index is 0.0567. The Bertz CT molecular complexity index is 1430. The topological polar surface area (TPSA) is 156 Å². The minimum Gasteiger partial charge on any atom is -0.425 e. The molecule has 12 heteroatoms. The number of halogens is 1. The van der Waals surface area contributed by atoms with Crippen LogP contribution in [0.5, 0.6) is 5.75 Å². The van der Waals surface area contributed by atoms with Gasteiger partial charge in [0.1, 0.15) is 18.2 Å². The van der Waals surface area contributed by atoms with Gasteiger partial charge in [0.15, 0.2) is 17.7 Å². The Morgan fingerprint density at radius 2 is 2.08 bits per heavy atom. The molecule has 1 aromatic carbocycles. The van der Waals surface area contributed by atoms with Crippen LogP contribution in [-0.2, 0) is 11.5 Å². The van der Waals surface area contributed by atoms with Gasteiger partial charge in [-0.05, 0) is 36.8 Å². The van der Waals surface area contributed by atoms with Crippen LogP contribution in [0.4, 0.5) is 16.0 Å². The normalized spacial score (nSPS) is 11.2. The molecule has 36 heavy (non-hydrogen) atoms. The number of para-hydroxylation sites is 1. The molecule has 4 rings (SSSR count). The molecular weight excluding hydrogens is 465 g/mol. The average Bonchev–Trinajstić information content (AvgIpc) is 3.29. The summed E-state index contributed by atoms with van der Waals surface area (Å²) in [6, 6.07) is 14.0. The number of fused-ring (bicyclic) bond motifs is 1. The largest absolute Gasteiger partial charge is 0.425 e. The summed E-state index contributed by atoms with van der Waals surface area (Å²) in [6.45, 7) is -0.450. The first kappa shape index (κ1) is 24.1. The van der Waals surface area contributed by atoms with Gasteiger partial charge in [-0.3, -0.25) is 4.79 Å². The summed E-state index contributed by atoms with van der Waals surface area (Å²) in [6.07, 6.45) is 5.49. The predicted octanol–water partition coefficient (Wildman–Crippen LogP) is 3.07. The minimum atomic E-state index is -0.725. The summed E-state index contributed by atoms with van der Waals surface area (Å²) in [5, 5.41) is 18.5. The van der Waals surface area contributed by atoms with E-state index in [1.165, 1.54) is 10.7 Å². The van der Waals surface area contributed by atoms with E-state index >= 15 is 0 Å². The lowest BCUT2D eigenvalue weighted by atomic mass is 10.1. The Morgan fingerprint density at radius 1 is 1.25 bits per heavy atom. The van der Waals surface area contributed by atoms with Crippen molar-refractivity contribution in [2.75, 3.05) is 17.6 Å². The summed E-state index contributed by atoms with van der Waals surface area (Å²) in [5.74, 6) is 0.771. The number of aromatic nitrogens is 4. The number of carbonyl (C=O) groups is 1. The van der Waals surface area contributed by atoms with E-state index in [0.29, 0.717) is 40.5 Å². The van der Waals surface area contributed by atoms with Crippen molar-refractivity contribution >= 4 is 29.2 Å². The van der Waals surface area contributed by atoms with Crippen molar-refractivity contribution in [3.63, 3.8) is 0 Å². The Morgan fingerprint density at radius 3 is 2.86 bits per heavy atom. The number of rotatable bonds is 8. The smallest absolute Gasteiger partial charge is 0.303 e. The highest BCUT2D eigenvalue weighted by atomic mass is 19.1. The molecule has 0 spiro atoms. The fourth-order valence-electron chi connectivity index (χ4n) is 3.24. The zero-order valence-corrected chi connectivity index (χ0v) is 19.1. The standard InChI is InChI=1S/C24H22FN9O2/c25-12-16-11-17(13-29-23(16)27)19-8-9-21-31-20(14-34(21)33-19)32-22(35)7-4-10-28-24(30-15-26)36-18-5-2-1-3-6-18/h1-3,5-6,8-9,11,13-14H,4,7,10,12H2,(H2,27,29)(H,28,30)(H,32,35). The molecule has 0 bridgehead atoms. The number of ether oxygens (including phenoxy) is 1. The van der Waals surface area contributed by atoms with Gasteiger partial charge in [0.25, 0.3) is 0 Å². The third-order valence-corrected chi connectivity index (χ3v) is 4.97. The Kier molecular flexibility index (Phi) is 7.62. The number of anilines is 2. The molecule has 0 saturated carbocycles. The van der Waals surface area contributed by atoms with Gasteiger partial charge in [-0.1, -0.05) is 18.2 Å². The number of amidine groups is 1. The van der Waals surface area contributed by atoms with E-state index in [4.69, 9.17) is 15.7 Å². The van der Waals surface area contributed by atoms with E-state index in [1.54, 1.807) is 54.9 Å². The van der Waals surface area contributed by atoms with Crippen molar-refractivity contribution in [3.8, 4) is 23.2 Å². The predicted molar refractivity (Wildman–Crippen MR) is 131 cm³/mol. The van der Waals surface area contributed by atoms with Crippen LogP contribution in [0.25, 0.3) is 16.9 Å². The molecule has 3 heterocycles. The molecule has 1 amide bonds.